The average Bonchev–Trinajstić information content (AvgIpc) is 2.85. The fourth-order valence-corrected chi connectivity index (χ4v) is 3.33. The van der Waals surface area contributed by atoms with E-state index in [0.717, 1.165) is 34.3 Å². The van der Waals surface area contributed by atoms with Crippen LogP contribution < -0.4 is 5.73 Å². The zero-order valence-electron chi connectivity index (χ0n) is 11.3. The average molecular weight is 377 g/mol. The molecule has 0 aliphatic carbocycles. The predicted octanol–water partition coefficient (Wildman–Crippen LogP) is 4.65. The van der Waals surface area contributed by atoms with Gasteiger partial charge in [0.25, 0.3) is 0 Å². The maximum absolute atomic E-state index is 6.54. The van der Waals surface area contributed by atoms with Crippen LogP contribution in [-0.2, 0) is 6.42 Å². The van der Waals surface area contributed by atoms with Crippen LogP contribution in [0.15, 0.2) is 52.9 Å². The van der Waals surface area contributed by atoms with Gasteiger partial charge in [-0.1, -0.05) is 43.3 Å². The summed E-state index contributed by atoms with van der Waals surface area (Å²) in [5, 5.41) is 1.12. The van der Waals surface area contributed by atoms with Gasteiger partial charge in [-0.05, 0) is 40.3 Å². The summed E-state index contributed by atoms with van der Waals surface area (Å²) in [6.45, 7) is 2.10. The Morgan fingerprint density at radius 2 is 1.80 bits per heavy atom. The minimum Gasteiger partial charge on any atom is -0.461 e. The van der Waals surface area contributed by atoms with Crippen molar-refractivity contribution >= 4 is 33.6 Å². The van der Waals surface area contributed by atoms with Gasteiger partial charge >= 0.3 is 0 Å². The largest absolute Gasteiger partial charge is 0.461 e. The molecule has 0 saturated carbocycles. The Hall–Kier alpha value is -1.33. The second-order valence-electron chi connectivity index (χ2n) is 4.79. The second kappa shape index (κ2) is 5.58. The molecule has 3 rings (SSSR count). The maximum atomic E-state index is 6.54. The lowest BCUT2D eigenvalue weighted by atomic mass is 9.96. The van der Waals surface area contributed by atoms with Crippen LogP contribution in [0.5, 0.6) is 0 Å². The van der Waals surface area contributed by atoms with Crippen LogP contribution in [0.3, 0.4) is 0 Å². The molecule has 2 aromatic carbocycles. The molecular formula is C17H16INO. The van der Waals surface area contributed by atoms with Crippen molar-refractivity contribution in [3.63, 3.8) is 0 Å². The number of aryl methyl sites for hydroxylation is 1. The number of rotatable bonds is 3. The minimum absolute atomic E-state index is 0.151. The highest BCUT2D eigenvalue weighted by molar-refractivity contribution is 14.1. The normalized spacial score (nSPS) is 12.8. The molecule has 1 heterocycles. The van der Waals surface area contributed by atoms with Gasteiger partial charge < -0.3 is 10.2 Å². The van der Waals surface area contributed by atoms with Crippen LogP contribution in [0.1, 0.15) is 29.9 Å². The number of benzene rings is 2. The van der Waals surface area contributed by atoms with Gasteiger partial charge in [0.2, 0.25) is 0 Å². The van der Waals surface area contributed by atoms with E-state index < -0.39 is 0 Å². The van der Waals surface area contributed by atoms with Gasteiger partial charge in [0.1, 0.15) is 11.3 Å². The van der Waals surface area contributed by atoms with Crippen molar-refractivity contribution in [2.45, 2.75) is 19.4 Å². The van der Waals surface area contributed by atoms with E-state index in [4.69, 9.17) is 10.2 Å². The van der Waals surface area contributed by atoms with E-state index in [1.165, 1.54) is 3.57 Å². The van der Waals surface area contributed by atoms with Crippen molar-refractivity contribution in [1.29, 1.82) is 0 Å². The highest BCUT2D eigenvalue weighted by Gasteiger charge is 2.21. The van der Waals surface area contributed by atoms with Gasteiger partial charge in [-0.2, -0.15) is 0 Å². The zero-order valence-corrected chi connectivity index (χ0v) is 13.4. The molecule has 0 saturated heterocycles. The molecule has 0 aliphatic rings. The number of fused-ring (bicyclic) bond motifs is 1. The van der Waals surface area contributed by atoms with Gasteiger partial charge in [0.05, 0.1) is 6.04 Å². The molecule has 3 aromatic rings. The minimum atomic E-state index is -0.151. The van der Waals surface area contributed by atoms with E-state index in [9.17, 15) is 0 Å². The summed E-state index contributed by atoms with van der Waals surface area (Å²) in [5.41, 5.74) is 9.72. The Kier molecular flexibility index (Phi) is 3.81. The van der Waals surface area contributed by atoms with Crippen LogP contribution in [0.2, 0.25) is 0 Å². The molecule has 1 aromatic heterocycles. The first-order chi connectivity index (χ1) is 9.72. The summed E-state index contributed by atoms with van der Waals surface area (Å²) in [4.78, 5) is 0. The van der Waals surface area contributed by atoms with E-state index in [2.05, 4.69) is 47.7 Å². The quantitative estimate of drug-likeness (QED) is 0.675. The van der Waals surface area contributed by atoms with E-state index in [1.54, 1.807) is 0 Å². The first kappa shape index (κ1) is 13.6. The highest BCUT2D eigenvalue weighted by Crippen LogP contribution is 2.34. The molecule has 102 valence electrons. The number of para-hydroxylation sites is 1. The summed E-state index contributed by atoms with van der Waals surface area (Å²) in [6.07, 6.45) is 0.848. The number of furan rings is 1. The lowest BCUT2D eigenvalue weighted by molar-refractivity contribution is 0.546. The van der Waals surface area contributed by atoms with Gasteiger partial charge in [0.15, 0.2) is 0 Å². The molecule has 1 unspecified atom stereocenters. The monoisotopic (exact) mass is 377 g/mol. The molecule has 0 radical (unpaired) electrons. The molecule has 3 heteroatoms. The molecule has 1 atom stereocenters. The zero-order chi connectivity index (χ0) is 14.1. The maximum Gasteiger partial charge on any atom is 0.134 e. The van der Waals surface area contributed by atoms with E-state index in [0.29, 0.717) is 0 Å². The van der Waals surface area contributed by atoms with Crippen molar-refractivity contribution in [1.82, 2.24) is 0 Å². The second-order valence-corrected chi connectivity index (χ2v) is 5.95. The topological polar surface area (TPSA) is 39.2 Å². The van der Waals surface area contributed by atoms with E-state index in [1.807, 2.05) is 30.3 Å². The molecule has 20 heavy (non-hydrogen) atoms. The van der Waals surface area contributed by atoms with Crippen LogP contribution in [0, 0.1) is 3.57 Å². The first-order valence-electron chi connectivity index (χ1n) is 6.72. The smallest absolute Gasteiger partial charge is 0.134 e. The summed E-state index contributed by atoms with van der Waals surface area (Å²) in [7, 11) is 0. The van der Waals surface area contributed by atoms with E-state index >= 15 is 0 Å². The van der Waals surface area contributed by atoms with Crippen molar-refractivity contribution in [2.24, 2.45) is 5.73 Å². The third kappa shape index (κ3) is 2.25. The van der Waals surface area contributed by atoms with Crippen molar-refractivity contribution in [3.8, 4) is 0 Å². The van der Waals surface area contributed by atoms with E-state index in [-0.39, 0.29) is 6.04 Å². The number of hydrogen-bond acceptors (Lipinski definition) is 2. The van der Waals surface area contributed by atoms with Gasteiger partial charge in [-0.15, -0.1) is 0 Å². The van der Waals surface area contributed by atoms with Crippen LogP contribution in [0.4, 0.5) is 0 Å². The summed E-state index contributed by atoms with van der Waals surface area (Å²) in [5.74, 6) is 0.985. The highest BCUT2D eigenvalue weighted by atomic mass is 127. The Bertz CT molecular complexity index is 748. The molecule has 0 amide bonds. The molecule has 0 aliphatic heterocycles. The van der Waals surface area contributed by atoms with Crippen LogP contribution in [-0.4, -0.2) is 0 Å². The predicted molar refractivity (Wildman–Crippen MR) is 90.8 cm³/mol. The fourth-order valence-electron chi connectivity index (χ4n) is 2.60. The Morgan fingerprint density at radius 3 is 2.55 bits per heavy atom. The molecule has 2 nitrogen and oxygen atoms in total. The van der Waals surface area contributed by atoms with Crippen LogP contribution >= 0.6 is 22.6 Å². The molecule has 2 N–H and O–H groups in total. The van der Waals surface area contributed by atoms with Gasteiger partial charge in [0, 0.05) is 20.9 Å². The molecule has 0 spiro atoms. The third-order valence-corrected chi connectivity index (χ3v) is 4.57. The summed E-state index contributed by atoms with van der Waals surface area (Å²) < 4.78 is 7.13. The Balaban J connectivity index is 2.21. The van der Waals surface area contributed by atoms with Crippen LogP contribution in [0.25, 0.3) is 11.0 Å². The molecule has 0 fully saturated rings. The van der Waals surface area contributed by atoms with Gasteiger partial charge in [-0.25, -0.2) is 0 Å². The first-order valence-corrected chi connectivity index (χ1v) is 7.80. The Morgan fingerprint density at radius 1 is 1.10 bits per heavy atom. The lowest BCUT2D eigenvalue weighted by Crippen LogP contribution is -2.14. The lowest BCUT2D eigenvalue weighted by Gasteiger charge is -2.14. The standard InChI is InChI=1S/C17H16INO/c1-2-14-16(12-8-4-6-10-15(12)20-14)17(19)11-7-3-5-9-13(11)18/h3-10,17H,2,19H2,1H3. The summed E-state index contributed by atoms with van der Waals surface area (Å²) >= 11 is 2.34. The molecule has 0 bridgehead atoms. The SMILES string of the molecule is CCc1oc2ccccc2c1C(N)c1ccccc1I. The third-order valence-electron chi connectivity index (χ3n) is 3.58. The van der Waals surface area contributed by atoms with Crippen molar-refractivity contribution in [2.75, 3.05) is 0 Å². The van der Waals surface area contributed by atoms with Crippen molar-refractivity contribution < 1.29 is 4.42 Å². The van der Waals surface area contributed by atoms with Crippen molar-refractivity contribution in [3.05, 3.63) is 69.0 Å². The number of hydrogen-bond donors (Lipinski definition) is 1. The van der Waals surface area contributed by atoms with Gasteiger partial charge in [-0.3, -0.25) is 0 Å². The number of nitrogens with two attached hydrogens (primary N) is 1. The fraction of sp³-hybridized carbons (Fsp3) is 0.176. The molecular weight excluding hydrogens is 361 g/mol. The Labute approximate surface area is 132 Å². The summed E-state index contributed by atoms with van der Waals surface area (Å²) in [6, 6.07) is 16.2. The number of halogens is 1.